The maximum Gasteiger partial charge on any atom is 0.269 e. The molecule has 1 aromatic carbocycles. The van der Waals surface area contributed by atoms with Crippen LogP contribution in [0.25, 0.3) is 0 Å². The monoisotopic (exact) mass is 219 g/mol. The van der Waals surface area contributed by atoms with E-state index in [4.69, 9.17) is 0 Å². The van der Waals surface area contributed by atoms with Gasteiger partial charge in [-0.1, -0.05) is 15.9 Å². The minimum Gasteiger partial charge on any atom is -0.412 e. The van der Waals surface area contributed by atoms with Gasteiger partial charge in [0.05, 0.1) is 4.92 Å². The molecule has 0 unspecified atom stereocenters. The highest BCUT2D eigenvalue weighted by molar-refractivity contribution is 9.10. The maximum atomic E-state index is 10.1. The lowest BCUT2D eigenvalue weighted by atomic mass is 10.3. The van der Waals surface area contributed by atoms with Crippen LogP contribution in [-0.2, 0) is 0 Å². The van der Waals surface area contributed by atoms with E-state index in [-0.39, 0.29) is 11.2 Å². The van der Waals surface area contributed by atoms with Crippen molar-refractivity contribution >= 4 is 21.6 Å². The number of benzene rings is 1. The summed E-state index contributed by atoms with van der Waals surface area (Å²) in [5.41, 5.74) is 0.114. The van der Waals surface area contributed by atoms with Crippen LogP contribution in [0.3, 0.4) is 0 Å². The topological polar surface area (TPSA) is 74.6 Å². The largest absolute Gasteiger partial charge is 0.412 e. The number of hydrogen-bond donors (Lipinski definition) is 0. The minimum absolute atomic E-state index is 0. The first-order valence-electron chi connectivity index (χ1n) is 2.60. The van der Waals surface area contributed by atoms with Crippen LogP contribution in [0.5, 0.6) is 0 Å². The van der Waals surface area contributed by atoms with Gasteiger partial charge in [0, 0.05) is 16.6 Å². The molecule has 4 nitrogen and oxygen atoms in total. The zero-order chi connectivity index (χ0) is 7.56. The van der Waals surface area contributed by atoms with Crippen LogP contribution < -0.4 is 0 Å². The standard InChI is InChI=1S/C6H4BrNO2.H2O/c7-5-1-3-6(4-2-5)8(9)10;/h1-4H;1H2. The van der Waals surface area contributed by atoms with Gasteiger partial charge < -0.3 is 5.48 Å². The van der Waals surface area contributed by atoms with Crippen LogP contribution in [0.4, 0.5) is 5.69 Å². The van der Waals surface area contributed by atoms with Crippen LogP contribution in [0.1, 0.15) is 0 Å². The highest BCUT2D eigenvalue weighted by Crippen LogP contribution is 2.15. The lowest BCUT2D eigenvalue weighted by molar-refractivity contribution is -0.384. The number of halogens is 1. The van der Waals surface area contributed by atoms with Crippen LogP contribution in [0.2, 0.25) is 0 Å². The summed E-state index contributed by atoms with van der Waals surface area (Å²) >= 11 is 3.17. The molecule has 60 valence electrons. The van der Waals surface area contributed by atoms with Gasteiger partial charge in [-0.3, -0.25) is 10.1 Å². The summed E-state index contributed by atoms with van der Waals surface area (Å²) in [5, 5.41) is 10.1. The molecule has 0 aliphatic heterocycles. The Bertz CT molecular complexity index is 247. The van der Waals surface area contributed by atoms with Crippen molar-refractivity contribution in [1.29, 1.82) is 0 Å². The predicted molar refractivity (Wildman–Crippen MR) is 44.4 cm³/mol. The molecular formula is C6H6BrNO3. The minimum atomic E-state index is -0.424. The molecule has 0 saturated heterocycles. The van der Waals surface area contributed by atoms with Crippen molar-refractivity contribution in [3.63, 3.8) is 0 Å². The van der Waals surface area contributed by atoms with Crippen LogP contribution in [0.15, 0.2) is 28.7 Å². The summed E-state index contributed by atoms with van der Waals surface area (Å²) in [6, 6.07) is 6.17. The van der Waals surface area contributed by atoms with Gasteiger partial charge in [-0.25, -0.2) is 0 Å². The van der Waals surface area contributed by atoms with Gasteiger partial charge in [-0.2, -0.15) is 0 Å². The van der Waals surface area contributed by atoms with E-state index in [1.54, 1.807) is 12.1 Å². The second-order valence-corrected chi connectivity index (χ2v) is 2.65. The molecule has 0 aromatic heterocycles. The molecule has 0 amide bonds. The Hall–Kier alpha value is -0.940. The first-order valence-corrected chi connectivity index (χ1v) is 3.39. The third kappa shape index (κ3) is 2.65. The summed E-state index contributed by atoms with van der Waals surface area (Å²) in [6.45, 7) is 0. The van der Waals surface area contributed by atoms with E-state index in [0.29, 0.717) is 0 Å². The van der Waals surface area contributed by atoms with E-state index in [9.17, 15) is 10.1 Å². The Labute approximate surface area is 71.4 Å². The number of nitrogens with zero attached hydrogens (tertiary/aromatic N) is 1. The van der Waals surface area contributed by atoms with Crippen LogP contribution in [0, 0.1) is 10.1 Å². The maximum absolute atomic E-state index is 10.1. The van der Waals surface area contributed by atoms with Crippen LogP contribution in [-0.4, -0.2) is 10.4 Å². The highest BCUT2D eigenvalue weighted by atomic mass is 79.9. The van der Waals surface area contributed by atoms with Gasteiger partial charge in [0.2, 0.25) is 0 Å². The SMILES string of the molecule is O.O=[N+]([O-])c1ccc(Br)cc1. The number of nitro groups is 1. The molecule has 0 fully saturated rings. The Morgan fingerprint density at radius 1 is 1.27 bits per heavy atom. The van der Waals surface area contributed by atoms with E-state index in [1.807, 2.05) is 0 Å². The number of hydrogen-bond acceptors (Lipinski definition) is 2. The Morgan fingerprint density at radius 3 is 2.09 bits per heavy atom. The van der Waals surface area contributed by atoms with Gasteiger partial charge in [-0.15, -0.1) is 0 Å². The van der Waals surface area contributed by atoms with E-state index in [0.717, 1.165) is 4.47 Å². The van der Waals surface area contributed by atoms with Gasteiger partial charge in [-0.05, 0) is 12.1 Å². The summed E-state index contributed by atoms with van der Waals surface area (Å²) in [5.74, 6) is 0. The summed E-state index contributed by atoms with van der Waals surface area (Å²) in [6.07, 6.45) is 0. The first kappa shape index (κ1) is 10.1. The molecule has 1 aromatic rings. The fourth-order valence-corrected chi connectivity index (χ4v) is 0.827. The molecule has 11 heavy (non-hydrogen) atoms. The van der Waals surface area contributed by atoms with Crippen molar-refractivity contribution < 1.29 is 10.4 Å². The fourth-order valence-electron chi connectivity index (χ4n) is 0.563. The normalized spacial score (nSPS) is 8.45. The molecule has 0 spiro atoms. The average molecular weight is 220 g/mol. The van der Waals surface area contributed by atoms with E-state index in [1.165, 1.54) is 12.1 Å². The first-order chi connectivity index (χ1) is 4.70. The Morgan fingerprint density at radius 2 is 1.73 bits per heavy atom. The number of rotatable bonds is 1. The summed E-state index contributed by atoms with van der Waals surface area (Å²) in [4.78, 5) is 9.68. The zero-order valence-corrected chi connectivity index (χ0v) is 7.04. The molecule has 0 atom stereocenters. The summed E-state index contributed by atoms with van der Waals surface area (Å²) < 4.78 is 0.845. The molecule has 0 saturated carbocycles. The molecule has 0 heterocycles. The molecule has 2 N–H and O–H groups in total. The lowest BCUT2D eigenvalue weighted by Crippen LogP contribution is -1.85. The predicted octanol–water partition coefficient (Wildman–Crippen LogP) is 1.53. The Kier molecular flexibility index (Phi) is 3.70. The van der Waals surface area contributed by atoms with Crippen molar-refractivity contribution in [3.8, 4) is 0 Å². The second kappa shape index (κ2) is 4.05. The molecule has 1 rings (SSSR count). The van der Waals surface area contributed by atoms with Crippen molar-refractivity contribution in [1.82, 2.24) is 0 Å². The smallest absolute Gasteiger partial charge is 0.269 e. The zero-order valence-electron chi connectivity index (χ0n) is 5.45. The number of nitro benzene ring substituents is 1. The fraction of sp³-hybridized carbons (Fsp3) is 0. The van der Waals surface area contributed by atoms with E-state index in [2.05, 4.69) is 15.9 Å². The van der Waals surface area contributed by atoms with Crippen molar-refractivity contribution in [2.75, 3.05) is 0 Å². The molecule has 0 radical (unpaired) electrons. The molecule has 0 aliphatic carbocycles. The molecular weight excluding hydrogens is 214 g/mol. The summed E-state index contributed by atoms with van der Waals surface area (Å²) in [7, 11) is 0. The van der Waals surface area contributed by atoms with Gasteiger partial charge >= 0.3 is 0 Å². The van der Waals surface area contributed by atoms with E-state index < -0.39 is 4.92 Å². The van der Waals surface area contributed by atoms with Crippen molar-refractivity contribution in [3.05, 3.63) is 38.9 Å². The highest BCUT2D eigenvalue weighted by Gasteiger charge is 2.01. The Balaban J connectivity index is 0.000001000. The van der Waals surface area contributed by atoms with Crippen molar-refractivity contribution in [2.45, 2.75) is 0 Å². The molecule has 0 aliphatic rings. The van der Waals surface area contributed by atoms with E-state index >= 15 is 0 Å². The van der Waals surface area contributed by atoms with Crippen molar-refractivity contribution in [2.24, 2.45) is 0 Å². The van der Waals surface area contributed by atoms with Gasteiger partial charge in [0.25, 0.3) is 5.69 Å². The quantitative estimate of drug-likeness (QED) is 0.531. The average Bonchev–Trinajstić information content (AvgIpc) is 1.88. The second-order valence-electron chi connectivity index (χ2n) is 1.73. The third-order valence-corrected chi connectivity index (χ3v) is 1.57. The molecule has 0 bridgehead atoms. The van der Waals surface area contributed by atoms with Gasteiger partial charge in [0.15, 0.2) is 0 Å². The van der Waals surface area contributed by atoms with Gasteiger partial charge in [0.1, 0.15) is 0 Å². The third-order valence-electron chi connectivity index (χ3n) is 1.04. The molecule has 5 heteroatoms. The van der Waals surface area contributed by atoms with Crippen LogP contribution >= 0.6 is 15.9 Å². The lowest BCUT2D eigenvalue weighted by Gasteiger charge is -1.88. The number of non-ortho nitro benzene ring substituents is 1.